The van der Waals surface area contributed by atoms with Gasteiger partial charge in [-0.1, -0.05) is 95.2 Å². The number of hydrogen-bond acceptors (Lipinski definition) is 15. The van der Waals surface area contributed by atoms with Crippen LogP contribution in [0.25, 0.3) is 0 Å². The zero-order chi connectivity index (χ0) is 71.1. The van der Waals surface area contributed by atoms with E-state index in [0.717, 1.165) is 14.7 Å². The van der Waals surface area contributed by atoms with E-state index in [1.807, 2.05) is 41.5 Å². The summed E-state index contributed by atoms with van der Waals surface area (Å²) in [5.41, 5.74) is 5.11. The molecule has 12 amide bonds. The van der Waals surface area contributed by atoms with Gasteiger partial charge in [0.1, 0.15) is 60.4 Å². The number of amides is 12. The number of aliphatic hydroxyl groups excluding tert-OH is 1. The summed E-state index contributed by atoms with van der Waals surface area (Å²) in [7, 11) is 9.66. The van der Waals surface area contributed by atoms with Crippen molar-refractivity contribution in [2.75, 3.05) is 69.1 Å². The summed E-state index contributed by atoms with van der Waals surface area (Å²) < 4.78 is 10.9. The number of aliphatic hydroxyl groups is 1. The van der Waals surface area contributed by atoms with Crippen LogP contribution in [0.1, 0.15) is 156 Å². The van der Waals surface area contributed by atoms with Gasteiger partial charge in [0.15, 0.2) is 0 Å². The third kappa shape index (κ3) is 24.2. The number of nitrogens with two attached hydrogens (primary N) is 1. The molecule has 13 atom stereocenters. The number of hydrogen-bond donors (Lipinski definition) is 6. The SMILES string of the molecule is CC=CC[C@@H](C)[C@@H](O)[C@H]1C(=O)N[C@@H](CC)C(=O)N(C)CC(=O)N(C)[C@@H]([C@@H](C)OCCCCOC(N)=O)C(=O)N[C@@H](C(C)C)C(=O)N(C)[C@@H](CC(C)C)C(=O)N[C@@H](C)C(=O)N[C@H](C)C(=O)N(C)[C@@H](CC(C)C)C(=O)N(C)[C@@H](CC(C)C)C(=O)N(C)[C@@H](C(C)C)C(=O)N1C. The summed E-state index contributed by atoms with van der Waals surface area (Å²) in [5, 5.41) is 23.0. The van der Waals surface area contributed by atoms with Crippen LogP contribution in [0.15, 0.2) is 12.2 Å². The Morgan fingerprint density at radius 2 is 1.01 bits per heavy atom. The highest BCUT2D eigenvalue weighted by atomic mass is 16.5. The smallest absolute Gasteiger partial charge is 0.404 e. The fourth-order valence-corrected chi connectivity index (χ4v) is 11.2. The predicted molar refractivity (Wildman–Crippen MR) is 349 cm³/mol. The standard InChI is InChI=1S/C65H116N12O15/c1-24-26-29-41(13)54(79)53-58(83)69-45(25-2)60(85)71(17)35-49(78)75(21)52(44(16)91-30-27-28-31-92-65(66)90)57(82)70-50(39(9)10)63(88)72(18)46(32-36(3)4)56(81)67-42(14)55(80)68-43(15)59(84)73(19)47(33-37(5)6)61(86)74(20)48(34-38(7)8)62(87)76(22)51(40(11)12)64(89)77(53)23/h24,26,36-48,50-54,79H,25,27-35H2,1-23H3,(H2,66,90)(H,67,81)(H,68,80)(H,69,83)(H,70,82)/t41-,42+,43-,44-,45+,46+,47+,48+,50+,51+,52+,53+,54-/m1/s1. The number of likely N-dealkylation sites (N-methyl/N-ethyl adjacent to an activating group) is 7. The number of carbonyl (C=O) groups excluding carboxylic acids is 12. The summed E-state index contributed by atoms with van der Waals surface area (Å²) in [6, 6.07) is -13.1. The van der Waals surface area contributed by atoms with Crippen molar-refractivity contribution < 1.29 is 72.1 Å². The molecule has 526 valence electrons. The third-order valence-corrected chi connectivity index (χ3v) is 16.9. The van der Waals surface area contributed by atoms with Gasteiger partial charge in [-0.3, -0.25) is 52.7 Å². The molecule has 0 unspecified atom stereocenters. The van der Waals surface area contributed by atoms with Gasteiger partial charge in [0.25, 0.3) is 0 Å². The molecular weight excluding hydrogens is 1190 g/mol. The second-order valence-corrected chi connectivity index (χ2v) is 26.8. The van der Waals surface area contributed by atoms with Crippen LogP contribution in [-0.2, 0) is 62.2 Å². The van der Waals surface area contributed by atoms with Crippen molar-refractivity contribution in [1.82, 2.24) is 55.6 Å². The zero-order valence-electron chi connectivity index (χ0n) is 59.5. The molecule has 0 aliphatic carbocycles. The Labute approximate surface area is 547 Å². The van der Waals surface area contributed by atoms with Gasteiger partial charge in [0.2, 0.25) is 65.0 Å². The lowest BCUT2D eigenvalue weighted by Gasteiger charge is -2.41. The summed E-state index contributed by atoms with van der Waals surface area (Å²) in [5.74, 6) is -10.5. The lowest BCUT2D eigenvalue weighted by atomic mass is 9.91. The molecule has 0 aromatic rings. The van der Waals surface area contributed by atoms with Crippen molar-refractivity contribution in [2.45, 2.75) is 228 Å². The van der Waals surface area contributed by atoms with E-state index in [1.54, 1.807) is 60.6 Å². The highest BCUT2D eigenvalue weighted by Crippen LogP contribution is 2.26. The van der Waals surface area contributed by atoms with Gasteiger partial charge in [0.05, 0.1) is 25.4 Å². The maximum absolute atomic E-state index is 15.2. The molecule has 0 aromatic carbocycles. The lowest BCUT2D eigenvalue weighted by molar-refractivity contribution is -0.157. The first kappa shape index (κ1) is 83.1. The largest absolute Gasteiger partial charge is 0.450 e. The van der Waals surface area contributed by atoms with Crippen LogP contribution in [0.3, 0.4) is 0 Å². The fraction of sp³-hybridized carbons (Fsp3) is 0.785. The molecule has 27 heteroatoms. The Bertz CT molecular complexity index is 2530. The van der Waals surface area contributed by atoms with E-state index in [4.69, 9.17) is 15.2 Å². The molecule has 1 aliphatic rings. The summed E-state index contributed by atoms with van der Waals surface area (Å²) in [6.07, 6.45) is 1.27. The van der Waals surface area contributed by atoms with E-state index in [9.17, 15) is 53.1 Å². The van der Waals surface area contributed by atoms with E-state index >= 15 is 9.59 Å². The molecule has 0 radical (unpaired) electrons. The topological polar surface area (TPSA) is 340 Å². The molecule has 7 N–H and O–H groups in total. The Balaban J connectivity index is 4.38. The molecule has 1 saturated heterocycles. The number of rotatable bonds is 20. The molecule has 27 nitrogen and oxygen atoms in total. The molecule has 0 saturated carbocycles. The van der Waals surface area contributed by atoms with Crippen LogP contribution in [0.2, 0.25) is 0 Å². The van der Waals surface area contributed by atoms with Crippen molar-refractivity contribution in [2.24, 2.45) is 41.2 Å². The zero-order valence-corrected chi connectivity index (χ0v) is 59.5. The highest BCUT2D eigenvalue weighted by molar-refractivity contribution is 5.99. The van der Waals surface area contributed by atoms with Crippen LogP contribution >= 0.6 is 0 Å². The highest BCUT2D eigenvalue weighted by Gasteiger charge is 2.46. The number of ether oxygens (including phenoxy) is 2. The molecular formula is C65H116N12O15. The minimum absolute atomic E-state index is 0.00893. The Morgan fingerprint density at radius 3 is 1.50 bits per heavy atom. The van der Waals surface area contributed by atoms with Gasteiger partial charge in [-0.15, -0.1) is 0 Å². The molecule has 1 rings (SSSR count). The van der Waals surface area contributed by atoms with Crippen molar-refractivity contribution in [3.8, 4) is 0 Å². The van der Waals surface area contributed by atoms with Crippen LogP contribution in [0.4, 0.5) is 4.79 Å². The summed E-state index contributed by atoms with van der Waals surface area (Å²) in [4.78, 5) is 181. The van der Waals surface area contributed by atoms with Gasteiger partial charge < -0.3 is 75.9 Å². The first-order valence-corrected chi connectivity index (χ1v) is 32.5. The van der Waals surface area contributed by atoms with Crippen LogP contribution in [0, 0.1) is 35.5 Å². The quantitative estimate of drug-likeness (QED) is 0.0754. The maximum atomic E-state index is 15.2. The second-order valence-electron chi connectivity index (χ2n) is 26.8. The van der Waals surface area contributed by atoms with Crippen molar-refractivity contribution in [3.05, 3.63) is 12.2 Å². The molecule has 0 aromatic heterocycles. The molecule has 0 bridgehead atoms. The minimum Gasteiger partial charge on any atom is -0.450 e. The maximum Gasteiger partial charge on any atom is 0.404 e. The number of carbonyl (C=O) groups is 12. The Morgan fingerprint density at radius 1 is 0.543 bits per heavy atom. The van der Waals surface area contributed by atoms with Crippen LogP contribution in [-0.4, -0.2) is 252 Å². The van der Waals surface area contributed by atoms with Gasteiger partial charge >= 0.3 is 6.09 Å². The monoisotopic (exact) mass is 1300 g/mol. The van der Waals surface area contributed by atoms with Gasteiger partial charge in [-0.25, -0.2) is 4.79 Å². The van der Waals surface area contributed by atoms with Crippen molar-refractivity contribution in [3.63, 3.8) is 0 Å². The van der Waals surface area contributed by atoms with E-state index in [0.29, 0.717) is 12.8 Å². The Kier molecular flexibility index (Phi) is 35.2. The average molecular weight is 1310 g/mol. The average Bonchev–Trinajstić information content (AvgIpc) is 0.831. The first-order valence-electron chi connectivity index (χ1n) is 32.5. The summed E-state index contributed by atoms with van der Waals surface area (Å²) >= 11 is 0. The number of primary amides is 1. The number of nitrogens with one attached hydrogen (secondary N) is 4. The normalized spacial score (nSPS) is 26.0. The van der Waals surface area contributed by atoms with Crippen molar-refractivity contribution >= 4 is 71.1 Å². The molecule has 92 heavy (non-hydrogen) atoms. The number of unbranched alkanes of at least 4 members (excludes halogenated alkanes) is 1. The second kappa shape index (κ2) is 39.0. The third-order valence-electron chi connectivity index (χ3n) is 16.9. The predicted octanol–water partition coefficient (Wildman–Crippen LogP) is 2.50. The first-order chi connectivity index (χ1) is 42.6. The lowest BCUT2D eigenvalue weighted by Crippen LogP contribution is -2.63. The van der Waals surface area contributed by atoms with E-state index in [-0.39, 0.29) is 63.1 Å². The number of nitrogens with zero attached hydrogens (tertiary/aromatic N) is 7. The van der Waals surface area contributed by atoms with E-state index in [2.05, 4.69) is 21.3 Å². The van der Waals surface area contributed by atoms with E-state index in [1.165, 1.54) is 89.7 Å². The molecule has 1 heterocycles. The summed E-state index contributed by atoms with van der Waals surface area (Å²) in [6.45, 7) is 26.7. The van der Waals surface area contributed by atoms with Crippen molar-refractivity contribution in [1.29, 1.82) is 0 Å². The Hall–Kier alpha value is -6.90. The molecule has 1 fully saturated rings. The fourth-order valence-electron chi connectivity index (χ4n) is 11.2. The number of allylic oxidation sites excluding steroid dienone is 2. The minimum atomic E-state index is -1.66. The molecule has 0 spiro atoms. The van der Waals surface area contributed by atoms with Gasteiger partial charge in [0, 0.05) is 55.9 Å². The van der Waals surface area contributed by atoms with Crippen LogP contribution in [0.5, 0.6) is 0 Å². The molecule has 1 aliphatic heterocycles. The van der Waals surface area contributed by atoms with Crippen LogP contribution < -0.4 is 27.0 Å². The van der Waals surface area contributed by atoms with E-state index < -0.39 is 168 Å². The van der Waals surface area contributed by atoms with Gasteiger partial charge in [-0.05, 0) is 108 Å². The van der Waals surface area contributed by atoms with Gasteiger partial charge in [-0.2, -0.15) is 0 Å².